The van der Waals surface area contributed by atoms with Crippen LogP contribution >= 0.6 is 0 Å². The van der Waals surface area contributed by atoms with Gasteiger partial charge in [0.25, 0.3) is 0 Å². The molecule has 1 aromatic rings. The molecule has 0 radical (unpaired) electrons. The minimum atomic E-state index is -0.0458. The van der Waals surface area contributed by atoms with Crippen molar-refractivity contribution in [2.45, 2.75) is 64.3 Å². The Hall–Kier alpha value is -1.06. The van der Waals surface area contributed by atoms with E-state index in [9.17, 15) is 0 Å². The smallest absolute Gasteiger partial charge is 0.123 e. The maximum absolute atomic E-state index is 5.93. The van der Waals surface area contributed by atoms with Crippen LogP contribution in [0.5, 0.6) is 5.75 Å². The van der Waals surface area contributed by atoms with Gasteiger partial charge in [0.05, 0.1) is 0 Å². The van der Waals surface area contributed by atoms with Crippen LogP contribution in [0.25, 0.3) is 0 Å². The standard InChI is InChI=1S/C18H28N2O/c1-13(20(4)16-6-7-16)11-19-12-14-5-8-17-15(9-14)10-18(2,3)21-17/h5,8-9,13,16,19H,6-7,10-12H2,1-4H3. The zero-order chi connectivity index (χ0) is 15.0. The molecule has 1 N–H and O–H groups in total. The van der Waals surface area contributed by atoms with E-state index in [0.717, 1.165) is 31.3 Å². The molecule has 1 unspecified atom stereocenters. The predicted molar refractivity (Wildman–Crippen MR) is 86.8 cm³/mol. The van der Waals surface area contributed by atoms with Crippen LogP contribution in [0.2, 0.25) is 0 Å². The largest absolute Gasteiger partial charge is 0.487 e. The Kier molecular flexibility index (Phi) is 3.98. The molecule has 3 nitrogen and oxygen atoms in total. The molecule has 1 atom stereocenters. The van der Waals surface area contributed by atoms with Crippen molar-refractivity contribution < 1.29 is 4.74 Å². The van der Waals surface area contributed by atoms with Crippen LogP contribution in [0, 0.1) is 0 Å². The second kappa shape index (κ2) is 5.62. The van der Waals surface area contributed by atoms with Crippen molar-refractivity contribution in [3.63, 3.8) is 0 Å². The first-order chi connectivity index (χ1) is 9.94. The fourth-order valence-corrected chi connectivity index (χ4v) is 3.18. The van der Waals surface area contributed by atoms with E-state index >= 15 is 0 Å². The second-order valence-corrected chi connectivity index (χ2v) is 7.36. The van der Waals surface area contributed by atoms with Crippen LogP contribution in [-0.2, 0) is 13.0 Å². The van der Waals surface area contributed by atoms with Gasteiger partial charge in [-0.05, 0) is 57.9 Å². The van der Waals surface area contributed by atoms with Crippen molar-refractivity contribution in [2.24, 2.45) is 0 Å². The van der Waals surface area contributed by atoms with Crippen molar-refractivity contribution in [2.75, 3.05) is 13.6 Å². The molecule has 1 aliphatic carbocycles. The molecule has 1 heterocycles. The van der Waals surface area contributed by atoms with E-state index in [1.807, 2.05) is 0 Å². The molecule has 1 aromatic carbocycles. The summed E-state index contributed by atoms with van der Waals surface area (Å²) in [7, 11) is 2.25. The van der Waals surface area contributed by atoms with E-state index in [2.05, 4.69) is 56.2 Å². The fraction of sp³-hybridized carbons (Fsp3) is 0.667. The van der Waals surface area contributed by atoms with Crippen molar-refractivity contribution in [1.29, 1.82) is 0 Å². The normalized spacial score (nSPS) is 21.2. The van der Waals surface area contributed by atoms with Crippen LogP contribution in [0.3, 0.4) is 0 Å². The highest BCUT2D eigenvalue weighted by Crippen LogP contribution is 2.35. The summed E-state index contributed by atoms with van der Waals surface area (Å²) in [6.45, 7) is 8.60. The van der Waals surface area contributed by atoms with Crippen molar-refractivity contribution >= 4 is 0 Å². The molecule has 2 aliphatic rings. The van der Waals surface area contributed by atoms with Crippen molar-refractivity contribution in [3.8, 4) is 5.75 Å². The van der Waals surface area contributed by atoms with E-state index in [1.54, 1.807) is 0 Å². The second-order valence-electron chi connectivity index (χ2n) is 7.36. The van der Waals surface area contributed by atoms with Crippen LogP contribution in [0.1, 0.15) is 44.7 Å². The number of ether oxygens (including phenoxy) is 1. The molecule has 3 rings (SSSR count). The molecule has 116 valence electrons. The zero-order valence-electron chi connectivity index (χ0n) is 13.8. The number of hydrogen-bond donors (Lipinski definition) is 1. The van der Waals surface area contributed by atoms with Gasteiger partial charge in [0.2, 0.25) is 0 Å². The Morgan fingerprint density at radius 3 is 2.86 bits per heavy atom. The zero-order valence-corrected chi connectivity index (χ0v) is 13.8. The number of likely N-dealkylation sites (N-methyl/N-ethyl adjacent to an activating group) is 1. The average molecular weight is 288 g/mol. The lowest BCUT2D eigenvalue weighted by atomic mass is 10.0. The minimum Gasteiger partial charge on any atom is -0.487 e. The summed E-state index contributed by atoms with van der Waals surface area (Å²) in [4.78, 5) is 2.51. The van der Waals surface area contributed by atoms with E-state index in [0.29, 0.717) is 6.04 Å². The molecular formula is C18H28N2O. The minimum absolute atomic E-state index is 0.0458. The first-order valence-corrected chi connectivity index (χ1v) is 8.18. The summed E-state index contributed by atoms with van der Waals surface area (Å²) in [5.74, 6) is 1.06. The lowest BCUT2D eigenvalue weighted by molar-refractivity contribution is 0.138. The highest BCUT2D eigenvalue weighted by atomic mass is 16.5. The van der Waals surface area contributed by atoms with Gasteiger partial charge >= 0.3 is 0 Å². The monoisotopic (exact) mass is 288 g/mol. The van der Waals surface area contributed by atoms with Gasteiger partial charge in [0.15, 0.2) is 0 Å². The number of nitrogens with zero attached hydrogens (tertiary/aromatic N) is 1. The molecule has 0 bridgehead atoms. The maximum atomic E-state index is 5.93. The molecule has 0 aromatic heterocycles. The molecule has 1 saturated carbocycles. The summed E-state index contributed by atoms with van der Waals surface area (Å²) >= 11 is 0. The Labute approximate surface area is 128 Å². The number of hydrogen-bond acceptors (Lipinski definition) is 3. The van der Waals surface area contributed by atoms with Gasteiger partial charge in [-0.1, -0.05) is 12.1 Å². The third-order valence-corrected chi connectivity index (χ3v) is 4.71. The Bertz CT molecular complexity index is 508. The third kappa shape index (κ3) is 3.58. The summed E-state index contributed by atoms with van der Waals surface area (Å²) in [6, 6.07) is 8.05. The van der Waals surface area contributed by atoms with Gasteiger partial charge in [0.1, 0.15) is 11.4 Å². The number of benzene rings is 1. The van der Waals surface area contributed by atoms with Crippen LogP contribution in [0.15, 0.2) is 18.2 Å². The molecule has 1 aliphatic heterocycles. The Balaban J connectivity index is 1.50. The van der Waals surface area contributed by atoms with Crippen molar-refractivity contribution in [3.05, 3.63) is 29.3 Å². The van der Waals surface area contributed by atoms with Gasteiger partial charge in [-0.25, -0.2) is 0 Å². The Morgan fingerprint density at radius 2 is 2.14 bits per heavy atom. The van der Waals surface area contributed by atoms with E-state index in [4.69, 9.17) is 4.74 Å². The van der Waals surface area contributed by atoms with Gasteiger partial charge in [-0.2, -0.15) is 0 Å². The van der Waals surface area contributed by atoms with Crippen LogP contribution in [-0.4, -0.2) is 36.2 Å². The molecule has 0 spiro atoms. The van der Waals surface area contributed by atoms with Gasteiger partial charge in [0, 0.05) is 31.6 Å². The molecule has 0 saturated heterocycles. The van der Waals surface area contributed by atoms with E-state index in [1.165, 1.54) is 24.0 Å². The Morgan fingerprint density at radius 1 is 1.38 bits per heavy atom. The fourth-order valence-electron chi connectivity index (χ4n) is 3.18. The SMILES string of the molecule is CC(CNCc1ccc2c(c1)CC(C)(C)O2)N(C)C1CC1. The summed E-state index contributed by atoms with van der Waals surface area (Å²) < 4.78 is 5.93. The molecule has 21 heavy (non-hydrogen) atoms. The molecule has 3 heteroatoms. The summed E-state index contributed by atoms with van der Waals surface area (Å²) in [5.41, 5.74) is 2.66. The predicted octanol–water partition coefficient (Wildman–Crippen LogP) is 2.97. The summed E-state index contributed by atoms with van der Waals surface area (Å²) in [6.07, 6.45) is 3.76. The quantitative estimate of drug-likeness (QED) is 0.871. The van der Waals surface area contributed by atoms with Gasteiger partial charge < -0.3 is 10.1 Å². The lowest BCUT2D eigenvalue weighted by Gasteiger charge is -2.24. The maximum Gasteiger partial charge on any atom is 0.123 e. The first kappa shape index (κ1) is 14.9. The third-order valence-electron chi connectivity index (χ3n) is 4.71. The highest BCUT2D eigenvalue weighted by molar-refractivity contribution is 5.41. The van der Waals surface area contributed by atoms with Crippen LogP contribution < -0.4 is 10.1 Å². The van der Waals surface area contributed by atoms with Gasteiger partial charge in [-0.15, -0.1) is 0 Å². The topological polar surface area (TPSA) is 24.5 Å². The van der Waals surface area contributed by atoms with Crippen molar-refractivity contribution in [1.82, 2.24) is 10.2 Å². The van der Waals surface area contributed by atoms with Gasteiger partial charge in [-0.3, -0.25) is 4.90 Å². The molecule has 0 amide bonds. The van der Waals surface area contributed by atoms with E-state index < -0.39 is 0 Å². The number of fused-ring (bicyclic) bond motifs is 1. The lowest BCUT2D eigenvalue weighted by Crippen LogP contribution is -2.38. The number of rotatable bonds is 6. The average Bonchev–Trinajstić information content (AvgIpc) is 3.20. The highest BCUT2D eigenvalue weighted by Gasteiger charge is 2.30. The van der Waals surface area contributed by atoms with Crippen LogP contribution in [0.4, 0.5) is 0 Å². The first-order valence-electron chi connectivity index (χ1n) is 8.18. The molecular weight excluding hydrogens is 260 g/mol. The number of nitrogens with one attached hydrogen (secondary N) is 1. The molecule has 1 fully saturated rings. The van der Waals surface area contributed by atoms with E-state index in [-0.39, 0.29) is 5.60 Å². The summed E-state index contributed by atoms with van der Waals surface area (Å²) in [5, 5.41) is 3.59.